The van der Waals surface area contributed by atoms with Crippen LogP contribution in [0, 0.1) is 23.7 Å². The smallest absolute Gasteiger partial charge is 0.251 e. The van der Waals surface area contributed by atoms with E-state index in [1.54, 1.807) is 39.3 Å². The van der Waals surface area contributed by atoms with Crippen molar-refractivity contribution < 1.29 is 13.9 Å². The Morgan fingerprint density at radius 3 is 2.84 bits per heavy atom. The molecule has 8 nitrogen and oxygen atoms in total. The van der Waals surface area contributed by atoms with Gasteiger partial charge in [0, 0.05) is 31.9 Å². The van der Waals surface area contributed by atoms with Gasteiger partial charge in [0.25, 0.3) is 5.91 Å². The minimum atomic E-state index is -0.961. The van der Waals surface area contributed by atoms with Crippen molar-refractivity contribution in [2.75, 3.05) is 51.5 Å². The molecule has 3 N–H and O–H groups in total. The normalized spacial score (nSPS) is 17.2. The van der Waals surface area contributed by atoms with Crippen LogP contribution in [0.3, 0.4) is 0 Å². The zero-order valence-electron chi connectivity index (χ0n) is 21.5. The maximum atomic E-state index is 14.7. The molecule has 4 rings (SSSR count). The molecule has 9 heteroatoms. The molecule has 1 saturated heterocycles. The molecule has 3 heterocycles. The first-order valence-electron chi connectivity index (χ1n) is 12.1. The van der Waals surface area contributed by atoms with Crippen LogP contribution in [0.1, 0.15) is 35.1 Å². The van der Waals surface area contributed by atoms with Gasteiger partial charge in [0.2, 0.25) is 0 Å². The molecule has 1 fully saturated rings. The van der Waals surface area contributed by atoms with Gasteiger partial charge in [-0.1, -0.05) is 11.8 Å². The van der Waals surface area contributed by atoms with E-state index in [1.165, 1.54) is 0 Å². The fourth-order valence-electron chi connectivity index (χ4n) is 4.31. The number of piperidine rings is 1. The maximum Gasteiger partial charge on any atom is 0.251 e. The number of likely N-dealkylation sites (tertiary alicyclic amines) is 1. The van der Waals surface area contributed by atoms with Crippen LogP contribution in [-0.2, 0) is 0 Å². The molecular weight excluding hydrogens is 471 g/mol. The van der Waals surface area contributed by atoms with E-state index in [0.29, 0.717) is 47.9 Å². The van der Waals surface area contributed by atoms with Crippen molar-refractivity contribution in [2.24, 2.45) is 0 Å². The number of methoxy groups -OCH3 is 1. The van der Waals surface area contributed by atoms with Gasteiger partial charge in [-0.05, 0) is 62.6 Å². The molecule has 0 radical (unpaired) electrons. The van der Waals surface area contributed by atoms with Crippen LogP contribution in [0.25, 0.3) is 5.65 Å². The second kappa shape index (κ2) is 11.7. The molecule has 37 heavy (non-hydrogen) atoms. The van der Waals surface area contributed by atoms with Gasteiger partial charge < -0.3 is 25.6 Å². The van der Waals surface area contributed by atoms with Gasteiger partial charge in [0.15, 0.2) is 5.65 Å². The van der Waals surface area contributed by atoms with Gasteiger partial charge in [0.1, 0.15) is 23.3 Å². The van der Waals surface area contributed by atoms with Crippen molar-refractivity contribution in [1.82, 2.24) is 19.6 Å². The van der Waals surface area contributed by atoms with E-state index < -0.39 is 6.17 Å². The molecular formula is C28H31FN6O2. The summed E-state index contributed by atoms with van der Waals surface area (Å²) >= 11 is 0. The van der Waals surface area contributed by atoms with Crippen LogP contribution in [-0.4, -0.2) is 73.2 Å². The van der Waals surface area contributed by atoms with E-state index in [9.17, 15) is 9.18 Å². The molecule has 2 atom stereocenters. The number of pyridine rings is 1. The van der Waals surface area contributed by atoms with E-state index in [2.05, 4.69) is 39.6 Å². The molecule has 1 amide bonds. The average Bonchev–Trinajstić information content (AvgIpc) is 3.26. The van der Waals surface area contributed by atoms with Crippen molar-refractivity contribution in [3.63, 3.8) is 0 Å². The second-order valence-corrected chi connectivity index (χ2v) is 8.77. The number of imidazole rings is 1. The summed E-state index contributed by atoms with van der Waals surface area (Å²) in [5, 5.41) is 9.18. The largest absolute Gasteiger partial charge is 0.495 e. The second-order valence-electron chi connectivity index (χ2n) is 8.77. The number of nitrogens with zero attached hydrogens (tertiary/aromatic N) is 3. The molecule has 1 aromatic carbocycles. The average molecular weight is 503 g/mol. The third-order valence-electron chi connectivity index (χ3n) is 6.24. The Bertz CT molecular complexity index is 1410. The molecule has 0 saturated carbocycles. The highest BCUT2D eigenvalue weighted by molar-refractivity contribution is 5.95. The molecule has 1 aliphatic heterocycles. The Morgan fingerprint density at radius 2 is 2.11 bits per heavy atom. The number of ether oxygens (including phenoxy) is 1. The van der Waals surface area contributed by atoms with Crippen LogP contribution in [0.4, 0.5) is 15.8 Å². The lowest BCUT2D eigenvalue weighted by molar-refractivity contribution is 0.0962. The van der Waals surface area contributed by atoms with Crippen molar-refractivity contribution in [3.05, 3.63) is 53.5 Å². The minimum Gasteiger partial charge on any atom is -0.495 e. The number of carbonyl (C=O) groups excluding carboxylic acids is 1. The monoisotopic (exact) mass is 502 g/mol. The molecule has 0 bridgehead atoms. The number of hydrogen-bond donors (Lipinski definition) is 3. The number of carbonyl (C=O) groups is 1. The van der Waals surface area contributed by atoms with Crippen molar-refractivity contribution in [1.29, 1.82) is 0 Å². The van der Waals surface area contributed by atoms with Gasteiger partial charge in [-0.2, -0.15) is 0 Å². The molecule has 3 aromatic rings. The first-order valence-corrected chi connectivity index (χ1v) is 12.1. The predicted molar refractivity (Wildman–Crippen MR) is 144 cm³/mol. The van der Waals surface area contributed by atoms with E-state index in [4.69, 9.17) is 9.72 Å². The minimum absolute atomic E-state index is 0.187. The highest BCUT2D eigenvalue weighted by Gasteiger charge is 2.28. The third-order valence-corrected chi connectivity index (χ3v) is 6.24. The number of anilines is 2. The van der Waals surface area contributed by atoms with Crippen LogP contribution >= 0.6 is 0 Å². The zero-order valence-corrected chi connectivity index (χ0v) is 21.5. The fourth-order valence-corrected chi connectivity index (χ4v) is 4.31. The summed E-state index contributed by atoms with van der Waals surface area (Å²) in [6.45, 7) is 3.34. The molecule has 0 aliphatic carbocycles. The number of amides is 1. The third kappa shape index (κ3) is 5.79. The number of rotatable bonds is 6. The lowest BCUT2D eigenvalue weighted by Gasteiger charge is -2.33. The number of aromatic nitrogens is 2. The first-order chi connectivity index (χ1) is 17.9. The van der Waals surface area contributed by atoms with Gasteiger partial charge in [-0.15, -0.1) is 0 Å². The van der Waals surface area contributed by atoms with E-state index >= 15 is 0 Å². The Labute approximate surface area is 216 Å². The number of nitrogens with one attached hydrogen (secondary N) is 3. The number of alkyl halides is 1. The van der Waals surface area contributed by atoms with Gasteiger partial charge >= 0.3 is 0 Å². The molecule has 0 unspecified atom stereocenters. The lowest BCUT2D eigenvalue weighted by atomic mass is 10.0. The lowest BCUT2D eigenvalue weighted by Crippen LogP contribution is -2.46. The van der Waals surface area contributed by atoms with Crippen LogP contribution in [0.15, 0.2) is 36.5 Å². The van der Waals surface area contributed by atoms with Gasteiger partial charge in [0.05, 0.1) is 31.1 Å². The van der Waals surface area contributed by atoms with Crippen molar-refractivity contribution >= 4 is 22.9 Å². The number of halogens is 1. The number of benzene rings is 1. The Morgan fingerprint density at radius 1 is 1.27 bits per heavy atom. The summed E-state index contributed by atoms with van der Waals surface area (Å²) in [4.78, 5) is 18.6. The highest BCUT2D eigenvalue weighted by atomic mass is 19.1. The molecule has 192 valence electrons. The van der Waals surface area contributed by atoms with E-state index in [1.807, 2.05) is 34.7 Å². The predicted octanol–water partition coefficient (Wildman–Crippen LogP) is 2.99. The summed E-state index contributed by atoms with van der Waals surface area (Å²) in [6.07, 6.45) is 1.64. The van der Waals surface area contributed by atoms with Crippen LogP contribution < -0.4 is 20.7 Å². The SMILES string of the molecule is CC#Cc1c(C#CCNc2ccc(C(=O)NC)cc2OC)nc2c(N[C@@H]3CCN(C)C[C@@H]3F)cccn12. The van der Waals surface area contributed by atoms with Crippen LogP contribution in [0.2, 0.25) is 0 Å². The Balaban J connectivity index is 1.56. The Hall–Kier alpha value is -4.21. The summed E-state index contributed by atoms with van der Waals surface area (Å²) in [7, 11) is 5.07. The maximum absolute atomic E-state index is 14.7. The van der Waals surface area contributed by atoms with Crippen LogP contribution in [0.5, 0.6) is 5.75 Å². The van der Waals surface area contributed by atoms with E-state index in [0.717, 1.165) is 17.9 Å². The fraction of sp³-hybridized carbons (Fsp3) is 0.357. The van der Waals surface area contributed by atoms with E-state index in [-0.39, 0.29) is 11.9 Å². The van der Waals surface area contributed by atoms with Crippen molar-refractivity contribution in [3.8, 4) is 29.4 Å². The first kappa shape index (κ1) is 25.9. The molecule has 2 aromatic heterocycles. The molecule has 1 aliphatic rings. The topological polar surface area (TPSA) is 82.9 Å². The number of fused-ring (bicyclic) bond motifs is 1. The summed E-state index contributed by atoms with van der Waals surface area (Å²) in [5.74, 6) is 12.6. The van der Waals surface area contributed by atoms with Crippen molar-refractivity contribution in [2.45, 2.75) is 25.6 Å². The highest BCUT2D eigenvalue weighted by Crippen LogP contribution is 2.26. The number of hydrogen-bond acceptors (Lipinski definition) is 6. The summed E-state index contributed by atoms with van der Waals surface area (Å²) < 4.78 is 22.0. The quantitative estimate of drug-likeness (QED) is 0.450. The Kier molecular flexibility index (Phi) is 8.17. The zero-order chi connectivity index (χ0) is 26.4. The van der Waals surface area contributed by atoms with Gasteiger partial charge in [-0.25, -0.2) is 9.37 Å². The van der Waals surface area contributed by atoms with Gasteiger partial charge in [-0.3, -0.25) is 9.20 Å². The summed E-state index contributed by atoms with van der Waals surface area (Å²) in [5.41, 5.74) is 3.88. The molecule has 0 spiro atoms. The summed E-state index contributed by atoms with van der Waals surface area (Å²) in [6, 6.07) is 8.70. The standard InChI is InChI=1S/C28H31FN6O2/c1-5-8-25-22(9-6-14-31-23-12-11-19(28(36)30-2)17-26(23)37-4)33-27-24(10-7-15-35(25)27)32-21-13-16-34(3)18-20(21)29/h7,10-12,15,17,20-21,31-32H,13-14,16,18H2,1-4H3,(H,30,36)/t20-,21+/m0/s1.